The van der Waals surface area contributed by atoms with Crippen LogP contribution < -0.4 is 4.90 Å². The van der Waals surface area contributed by atoms with Crippen LogP contribution in [-0.2, 0) is 23.9 Å². The number of hydrogen-bond donors (Lipinski definition) is 0. The molecule has 178 valence electrons. The second-order valence-electron chi connectivity index (χ2n) is 8.15. The molecule has 3 aromatic rings. The first kappa shape index (κ1) is 25.0. The molecule has 0 saturated heterocycles. The third-order valence-electron chi connectivity index (χ3n) is 5.75. The Bertz CT molecular complexity index is 1140. The summed E-state index contributed by atoms with van der Waals surface area (Å²) in [5, 5.41) is 0. The number of nitrogens with zero attached hydrogens (tertiary/aromatic N) is 2. The van der Waals surface area contributed by atoms with Crippen LogP contribution >= 0.6 is 0 Å². The van der Waals surface area contributed by atoms with Gasteiger partial charge in [-0.05, 0) is 60.9 Å². The van der Waals surface area contributed by atoms with Crippen LogP contribution in [0.1, 0.15) is 39.5 Å². The van der Waals surface area contributed by atoms with Crippen molar-refractivity contribution in [1.29, 1.82) is 0 Å². The standard InChI is InChI=1S/C27H27F3N2O2/c1-4-31(3)25(33)17-20-11-15-23(16-12-20)32(26(34)24-8-6-5-7-19(24)2)18-21-9-13-22(14-10-21)27(28,29)30/h5-16H,4,17-18H2,1-3H3. The molecule has 0 heterocycles. The molecule has 0 saturated carbocycles. The molecule has 0 bridgehead atoms. The average molecular weight is 469 g/mol. The molecule has 0 N–H and O–H groups in total. The average Bonchev–Trinajstić information content (AvgIpc) is 2.82. The van der Waals surface area contributed by atoms with E-state index in [0.717, 1.165) is 23.3 Å². The maximum Gasteiger partial charge on any atom is 0.416 e. The smallest absolute Gasteiger partial charge is 0.346 e. The maximum atomic E-state index is 13.5. The highest BCUT2D eigenvalue weighted by molar-refractivity contribution is 6.07. The molecule has 3 rings (SSSR count). The third-order valence-corrected chi connectivity index (χ3v) is 5.75. The van der Waals surface area contributed by atoms with E-state index in [1.165, 1.54) is 17.0 Å². The number of rotatable bonds is 7. The summed E-state index contributed by atoms with van der Waals surface area (Å²) in [6.07, 6.45) is -4.18. The predicted octanol–water partition coefficient (Wildman–Crippen LogP) is 5.88. The number of amides is 2. The van der Waals surface area contributed by atoms with Crippen LogP contribution in [0.25, 0.3) is 0 Å². The van der Waals surface area contributed by atoms with Crippen molar-refractivity contribution >= 4 is 17.5 Å². The van der Waals surface area contributed by atoms with Crippen molar-refractivity contribution in [3.8, 4) is 0 Å². The van der Waals surface area contributed by atoms with Gasteiger partial charge in [-0.25, -0.2) is 0 Å². The first-order chi connectivity index (χ1) is 16.1. The van der Waals surface area contributed by atoms with Crippen molar-refractivity contribution in [1.82, 2.24) is 4.90 Å². The molecule has 34 heavy (non-hydrogen) atoms. The third kappa shape index (κ3) is 6.04. The Balaban J connectivity index is 1.91. The summed E-state index contributed by atoms with van der Waals surface area (Å²) in [7, 11) is 1.74. The fourth-order valence-corrected chi connectivity index (χ4v) is 3.50. The van der Waals surface area contributed by atoms with Crippen molar-refractivity contribution in [2.24, 2.45) is 0 Å². The minimum Gasteiger partial charge on any atom is -0.346 e. The van der Waals surface area contributed by atoms with Crippen LogP contribution in [0.2, 0.25) is 0 Å². The van der Waals surface area contributed by atoms with Crippen LogP contribution in [0, 0.1) is 6.92 Å². The van der Waals surface area contributed by atoms with E-state index in [1.54, 1.807) is 48.3 Å². The van der Waals surface area contributed by atoms with Crippen LogP contribution in [0.5, 0.6) is 0 Å². The predicted molar refractivity (Wildman–Crippen MR) is 127 cm³/mol. The van der Waals surface area contributed by atoms with Gasteiger partial charge in [-0.15, -0.1) is 0 Å². The number of anilines is 1. The van der Waals surface area contributed by atoms with Crippen molar-refractivity contribution in [3.63, 3.8) is 0 Å². The van der Waals surface area contributed by atoms with Gasteiger partial charge in [0.1, 0.15) is 0 Å². The molecule has 0 aliphatic carbocycles. The molecule has 0 aliphatic rings. The highest BCUT2D eigenvalue weighted by Gasteiger charge is 2.30. The molecule has 0 radical (unpaired) electrons. The molecule has 0 fully saturated rings. The Kier molecular flexibility index (Phi) is 7.76. The summed E-state index contributed by atoms with van der Waals surface area (Å²) in [5.74, 6) is -0.264. The fraction of sp³-hybridized carbons (Fsp3) is 0.259. The lowest BCUT2D eigenvalue weighted by Crippen LogP contribution is -2.31. The lowest BCUT2D eigenvalue weighted by atomic mass is 10.0. The second-order valence-corrected chi connectivity index (χ2v) is 8.15. The van der Waals surface area contributed by atoms with Gasteiger partial charge in [0, 0.05) is 24.8 Å². The van der Waals surface area contributed by atoms with Crippen LogP contribution in [0.4, 0.5) is 18.9 Å². The highest BCUT2D eigenvalue weighted by atomic mass is 19.4. The Hall–Kier alpha value is -3.61. The normalized spacial score (nSPS) is 11.2. The number of aryl methyl sites for hydroxylation is 1. The topological polar surface area (TPSA) is 40.6 Å². The first-order valence-electron chi connectivity index (χ1n) is 11.0. The van der Waals surface area contributed by atoms with Crippen molar-refractivity contribution in [2.75, 3.05) is 18.5 Å². The summed E-state index contributed by atoms with van der Waals surface area (Å²) in [5.41, 5.74) is 2.55. The van der Waals surface area contributed by atoms with E-state index in [4.69, 9.17) is 0 Å². The molecule has 3 aromatic carbocycles. The summed E-state index contributed by atoms with van der Waals surface area (Å²) < 4.78 is 38.9. The molecule has 4 nitrogen and oxygen atoms in total. The zero-order chi connectivity index (χ0) is 24.9. The molecule has 0 unspecified atom stereocenters. The van der Waals surface area contributed by atoms with E-state index in [0.29, 0.717) is 23.4 Å². The van der Waals surface area contributed by atoms with Gasteiger partial charge in [0.25, 0.3) is 5.91 Å². The van der Waals surface area contributed by atoms with Crippen molar-refractivity contribution < 1.29 is 22.8 Å². The molecule has 0 aromatic heterocycles. The molecule has 0 atom stereocenters. The molecule has 0 spiro atoms. The van der Waals surface area contributed by atoms with Gasteiger partial charge >= 0.3 is 6.18 Å². The molecular weight excluding hydrogens is 441 g/mol. The van der Waals surface area contributed by atoms with E-state index in [1.807, 2.05) is 26.0 Å². The summed E-state index contributed by atoms with van der Waals surface area (Å²) in [4.78, 5) is 28.9. The lowest BCUT2D eigenvalue weighted by molar-refractivity contribution is -0.137. The second kappa shape index (κ2) is 10.5. The van der Waals surface area contributed by atoms with E-state index in [2.05, 4.69) is 0 Å². The zero-order valence-corrected chi connectivity index (χ0v) is 19.4. The van der Waals surface area contributed by atoms with Crippen LogP contribution in [0.3, 0.4) is 0 Å². The van der Waals surface area contributed by atoms with Gasteiger partial charge in [0.15, 0.2) is 0 Å². The monoisotopic (exact) mass is 468 g/mol. The quantitative estimate of drug-likeness (QED) is 0.434. The SMILES string of the molecule is CCN(C)C(=O)Cc1ccc(N(Cc2ccc(C(F)(F)F)cc2)C(=O)c2ccccc2C)cc1. The van der Waals surface area contributed by atoms with Gasteiger partial charge in [0.2, 0.25) is 5.91 Å². The molecule has 7 heteroatoms. The number of likely N-dealkylation sites (N-methyl/N-ethyl adjacent to an activating group) is 1. The van der Waals surface area contributed by atoms with E-state index in [9.17, 15) is 22.8 Å². The maximum absolute atomic E-state index is 13.5. The Morgan fingerprint density at radius 3 is 2.00 bits per heavy atom. The number of hydrogen-bond acceptors (Lipinski definition) is 2. The lowest BCUT2D eigenvalue weighted by Gasteiger charge is -2.24. The minimum absolute atomic E-state index is 0.00662. The number of alkyl halides is 3. The Morgan fingerprint density at radius 2 is 1.44 bits per heavy atom. The molecule has 2 amide bonds. The number of benzene rings is 3. The van der Waals surface area contributed by atoms with Gasteiger partial charge in [-0.1, -0.05) is 42.5 Å². The largest absolute Gasteiger partial charge is 0.416 e. The van der Waals surface area contributed by atoms with Crippen molar-refractivity contribution in [3.05, 3.63) is 101 Å². The van der Waals surface area contributed by atoms with E-state index >= 15 is 0 Å². The van der Waals surface area contributed by atoms with E-state index in [-0.39, 0.29) is 24.8 Å². The Morgan fingerprint density at radius 1 is 0.853 bits per heavy atom. The fourth-order valence-electron chi connectivity index (χ4n) is 3.50. The summed E-state index contributed by atoms with van der Waals surface area (Å²) in [6, 6.07) is 19.1. The van der Waals surface area contributed by atoms with Gasteiger partial charge < -0.3 is 9.80 Å². The summed E-state index contributed by atoms with van der Waals surface area (Å²) in [6.45, 7) is 4.45. The first-order valence-corrected chi connectivity index (χ1v) is 11.0. The summed E-state index contributed by atoms with van der Waals surface area (Å²) >= 11 is 0. The highest BCUT2D eigenvalue weighted by Crippen LogP contribution is 2.30. The molecule has 0 aliphatic heterocycles. The van der Waals surface area contributed by atoms with Crippen LogP contribution in [-0.4, -0.2) is 30.3 Å². The van der Waals surface area contributed by atoms with Gasteiger partial charge in [0.05, 0.1) is 18.5 Å². The van der Waals surface area contributed by atoms with E-state index < -0.39 is 11.7 Å². The van der Waals surface area contributed by atoms with Gasteiger partial charge in [-0.3, -0.25) is 9.59 Å². The number of halogens is 3. The molecular formula is C27H27F3N2O2. The minimum atomic E-state index is -4.42. The van der Waals surface area contributed by atoms with Gasteiger partial charge in [-0.2, -0.15) is 13.2 Å². The number of carbonyl (C=O) groups excluding carboxylic acids is 2. The van der Waals surface area contributed by atoms with Crippen molar-refractivity contribution in [2.45, 2.75) is 33.0 Å². The Labute approximate surface area is 197 Å². The van der Waals surface area contributed by atoms with Crippen LogP contribution in [0.15, 0.2) is 72.8 Å². The zero-order valence-electron chi connectivity index (χ0n) is 19.4. The number of carbonyl (C=O) groups is 2.